The average molecular weight is 422 g/mol. The largest absolute Gasteiger partial charge is 0.481 e. The molecule has 0 atom stereocenters. The predicted octanol–water partition coefficient (Wildman–Crippen LogP) is -2.94. The maximum atomic E-state index is 9.00. The number of carboxylic acids is 4. The van der Waals surface area contributed by atoms with Crippen molar-refractivity contribution in [3.05, 3.63) is 0 Å². The van der Waals surface area contributed by atoms with Gasteiger partial charge in [0.15, 0.2) is 0 Å². The van der Waals surface area contributed by atoms with Crippen LogP contribution in [0.25, 0.3) is 0 Å². The van der Waals surface area contributed by atoms with E-state index in [0.717, 1.165) is 27.7 Å². The van der Waals surface area contributed by atoms with Crippen LogP contribution in [-0.2, 0) is 53.3 Å². The molecule has 0 saturated heterocycles. The fourth-order valence-corrected chi connectivity index (χ4v) is 0. The van der Waals surface area contributed by atoms with Crippen molar-refractivity contribution < 1.29 is 95.6 Å². The molecule has 0 heterocycles. The van der Waals surface area contributed by atoms with Gasteiger partial charge in [-0.2, -0.15) is 0 Å². The summed E-state index contributed by atoms with van der Waals surface area (Å²) in [6, 6.07) is 0. The summed E-state index contributed by atoms with van der Waals surface area (Å²) in [5.74, 6) is -3.33. The van der Waals surface area contributed by atoms with Crippen LogP contribution in [0.4, 0.5) is 0 Å². The van der Waals surface area contributed by atoms with E-state index >= 15 is 0 Å². The van der Waals surface area contributed by atoms with E-state index in [0.29, 0.717) is 0 Å². The number of carbonyl (C=O) groups is 4. The first-order chi connectivity index (χ1) is 6.93. The summed E-state index contributed by atoms with van der Waals surface area (Å²) in [5.41, 5.74) is 0. The Kier molecular flexibility index (Phi) is 191. The first-order valence-electron chi connectivity index (χ1n) is 3.71. The maximum absolute atomic E-state index is 9.00. The first kappa shape index (κ1) is 70.0. The van der Waals surface area contributed by atoms with Gasteiger partial charge in [-0.25, -0.2) is 0 Å². The summed E-state index contributed by atoms with van der Waals surface area (Å²) in [6.07, 6.45) is 0. The quantitative estimate of drug-likeness (QED) is 0.292. The van der Waals surface area contributed by atoms with Crippen LogP contribution in [-0.4, -0.2) is 66.2 Å². The van der Waals surface area contributed by atoms with E-state index in [1.165, 1.54) is 0 Å². The van der Waals surface area contributed by atoms with Gasteiger partial charge in [-0.3, -0.25) is 19.2 Å². The van der Waals surface area contributed by atoms with Crippen molar-refractivity contribution in [2.75, 3.05) is 0 Å². The van der Waals surface area contributed by atoms with E-state index in [4.69, 9.17) is 39.6 Å². The van der Waals surface area contributed by atoms with Gasteiger partial charge in [0.25, 0.3) is 23.9 Å². The Morgan fingerprint density at radius 2 is 0.455 bits per heavy atom. The minimum Gasteiger partial charge on any atom is -0.481 e. The van der Waals surface area contributed by atoms with Crippen LogP contribution in [0.5, 0.6) is 0 Å². The fourth-order valence-electron chi connectivity index (χ4n) is 0. The molecule has 12 nitrogen and oxygen atoms in total. The molecule has 0 amide bonds. The number of carboxylic acid groups (broad SMARTS) is 4. The predicted molar refractivity (Wildman–Crippen MR) is 67.7 cm³/mol. The number of hydrogen-bond donors (Lipinski definition) is 4. The molecule has 0 aliphatic carbocycles. The Labute approximate surface area is 147 Å². The molecule has 14 heteroatoms. The van der Waals surface area contributed by atoms with Crippen LogP contribution in [0.2, 0.25) is 0 Å². The van der Waals surface area contributed by atoms with Crippen LogP contribution in [0.1, 0.15) is 27.7 Å². The van der Waals surface area contributed by atoms with Gasteiger partial charge < -0.3 is 42.3 Å². The third kappa shape index (κ3) is 3840. The van der Waals surface area contributed by atoms with Crippen LogP contribution in [0, 0.1) is 0 Å². The summed E-state index contributed by atoms with van der Waals surface area (Å²) in [4.78, 5) is 36.0. The van der Waals surface area contributed by atoms with Crippen molar-refractivity contribution in [3.8, 4) is 0 Å². The van der Waals surface area contributed by atoms with E-state index in [9.17, 15) is 0 Å². The molecule has 0 fully saturated rings. The van der Waals surface area contributed by atoms with Gasteiger partial charge in [0.2, 0.25) is 0 Å². The monoisotopic (exact) mass is 422 g/mol. The summed E-state index contributed by atoms with van der Waals surface area (Å²) in [7, 11) is 0. The molecule has 0 bridgehead atoms. The number of hydrogen-bond acceptors (Lipinski definition) is 4. The molecular formula is C8H24Mn2O12. The number of rotatable bonds is 0. The molecule has 0 aliphatic rings. The third-order valence-electron chi connectivity index (χ3n) is 0. The van der Waals surface area contributed by atoms with Gasteiger partial charge in [-0.1, -0.05) is 0 Å². The summed E-state index contributed by atoms with van der Waals surface area (Å²) < 4.78 is 0. The normalized spacial score (nSPS) is 4.55. The zero-order valence-electron chi connectivity index (χ0n) is 12.2. The van der Waals surface area contributed by atoms with Gasteiger partial charge in [0.1, 0.15) is 0 Å². The van der Waals surface area contributed by atoms with Gasteiger partial charge in [0, 0.05) is 61.8 Å². The molecule has 0 aliphatic heterocycles. The first-order valence-corrected chi connectivity index (χ1v) is 3.71. The minimum atomic E-state index is -0.833. The third-order valence-corrected chi connectivity index (χ3v) is 0. The molecule has 2 radical (unpaired) electrons. The molecule has 0 spiro atoms. The maximum Gasteiger partial charge on any atom is 0.300 e. The van der Waals surface area contributed by atoms with Crippen molar-refractivity contribution in [2.24, 2.45) is 0 Å². The van der Waals surface area contributed by atoms with Crippen LogP contribution < -0.4 is 0 Å². The van der Waals surface area contributed by atoms with E-state index in [-0.39, 0.29) is 56.0 Å². The van der Waals surface area contributed by atoms with Gasteiger partial charge >= 0.3 is 0 Å². The second-order valence-electron chi connectivity index (χ2n) is 2.08. The van der Waals surface area contributed by atoms with E-state index in [2.05, 4.69) is 0 Å². The zero-order valence-corrected chi connectivity index (χ0v) is 14.5. The van der Waals surface area contributed by atoms with Crippen molar-refractivity contribution in [1.82, 2.24) is 0 Å². The summed E-state index contributed by atoms with van der Waals surface area (Å²) in [6.45, 7) is 4.33. The Morgan fingerprint density at radius 3 is 0.455 bits per heavy atom. The van der Waals surface area contributed by atoms with Crippen molar-refractivity contribution in [2.45, 2.75) is 27.7 Å². The number of aliphatic carboxylic acids is 4. The fraction of sp³-hybridized carbons (Fsp3) is 0.500. The Hall–Kier alpha value is -1.24. The smallest absolute Gasteiger partial charge is 0.300 e. The second-order valence-corrected chi connectivity index (χ2v) is 2.08. The molecule has 22 heavy (non-hydrogen) atoms. The minimum absolute atomic E-state index is 0. The van der Waals surface area contributed by atoms with E-state index in [1.54, 1.807) is 0 Å². The summed E-state index contributed by atoms with van der Waals surface area (Å²) >= 11 is 0. The molecule has 0 aromatic heterocycles. The molecule has 0 aromatic carbocycles. The second kappa shape index (κ2) is 60.1. The van der Waals surface area contributed by atoms with Crippen LogP contribution >= 0.6 is 0 Å². The average Bonchev–Trinajstić information content (AvgIpc) is 1.76. The standard InChI is InChI=1S/4C2H4O2.2Mn.4H2O/c4*1-2(3)4;;;;;;/h4*1H3,(H,3,4);;;4*1H2. The van der Waals surface area contributed by atoms with E-state index in [1.807, 2.05) is 0 Å². The SMILES string of the molecule is CC(=O)O.CC(=O)O.CC(=O)O.CC(=O)O.O.O.O.O.[Mn].[Mn]. The van der Waals surface area contributed by atoms with Gasteiger partial charge in [-0.05, 0) is 0 Å². The molecule has 0 rings (SSSR count). The molecule has 0 aromatic rings. The van der Waals surface area contributed by atoms with Crippen LogP contribution in [0.15, 0.2) is 0 Å². The van der Waals surface area contributed by atoms with Gasteiger partial charge in [0.05, 0.1) is 0 Å². The van der Waals surface area contributed by atoms with Crippen molar-refractivity contribution in [1.29, 1.82) is 0 Å². The molecule has 0 unspecified atom stereocenters. The van der Waals surface area contributed by atoms with E-state index < -0.39 is 23.9 Å². The Morgan fingerprint density at radius 1 is 0.455 bits per heavy atom. The van der Waals surface area contributed by atoms with Crippen molar-refractivity contribution >= 4 is 23.9 Å². The zero-order chi connectivity index (χ0) is 14.3. The van der Waals surface area contributed by atoms with Gasteiger partial charge in [-0.15, -0.1) is 0 Å². The molecular weight excluding hydrogens is 398 g/mol. The van der Waals surface area contributed by atoms with Crippen molar-refractivity contribution in [3.63, 3.8) is 0 Å². The Balaban J connectivity index is -0.00000001000. The summed E-state index contributed by atoms with van der Waals surface area (Å²) in [5, 5.41) is 29.7. The molecule has 142 valence electrons. The molecule has 12 N–H and O–H groups in total. The van der Waals surface area contributed by atoms with Crippen LogP contribution in [0.3, 0.4) is 0 Å². The Bertz CT molecular complexity index is 169. The topological polar surface area (TPSA) is 275 Å². The molecule has 0 saturated carbocycles.